The van der Waals surface area contributed by atoms with Crippen LogP contribution in [-0.2, 0) is 4.79 Å². The van der Waals surface area contributed by atoms with Crippen LogP contribution in [0, 0.1) is 12.8 Å². The third kappa shape index (κ3) is 2.71. The first-order valence-corrected chi connectivity index (χ1v) is 8.80. The Balaban J connectivity index is 1.58. The summed E-state index contributed by atoms with van der Waals surface area (Å²) in [5.74, 6) is 1.62. The molecule has 2 saturated heterocycles. The van der Waals surface area contributed by atoms with Crippen LogP contribution >= 0.6 is 0 Å². The summed E-state index contributed by atoms with van der Waals surface area (Å²) < 4.78 is 6.29. The van der Waals surface area contributed by atoms with Crippen molar-refractivity contribution in [2.24, 2.45) is 5.92 Å². The Morgan fingerprint density at radius 2 is 2.17 bits per heavy atom. The molecular weight excluding hydrogens is 290 g/mol. The Hall–Kier alpha value is -1.62. The van der Waals surface area contributed by atoms with Crippen molar-refractivity contribution >= 4 is 5.91 Å². The molecule has 2 bridgehead atoms. The number of aryl methyl sites for hydroxylation is 1. The predicted octanol–water partition coefficient (Wildman–Crippen LogP) is 1.90. The number of nitrogens with one attached hydrogen (secondary N) is 1. The normalized spacial score (nSPS) is 28.8. The molecule has 3 fully saturated rings. The minimum atomic E-state index is -0.716. The van der Waals surface area contributed by atoms with Crippen LogP contribution in [-0.4, -0.2) is 47.1 Å². The molecule has 4 rings (SSSR count). The average Bonchev–Trinajstić information content (AvgIpc) is 3.20. The molecule has 1 aromatic rings. The number of amides is 1. The largest absolute Gasteiger partial charge is 0.476 e. The van der Waals surface area contributed by atoms with Gasteiger partial charge in [0.1, 0.15) is 5.75 Å². The molecule has 1 N–H and O–H groups in total. The Morgan fingerprint density at radius 1 is 1.35 bits per heavy atom. The third-order valence-corrected chi connectivity index (χ3v) is 5.67. The number of piperidine rings is 2. The van der Waals surface area contributed by atoms with Gasteiger partial charge in [0.15, 0.2) is 5.60 Å². The quantitative estimate of drug-likeness (QED) is 0.926. The topological polar surface area (TPSA) is 54.5 Å². The van der Waals surface area contributed by atoms with Crippen molar-refractivity contribution in [3.05, 3.63) is 24.0 Å². The van der Waals surface area contributed by atoms with Crippen LogP contribution in [0.5, 0.6) is 5.75 Å². The van der Waals surface area contributed by atoms with Crippen molar-refractivity contribution in [3.8, 4) is 5.75 Å². The zero-order valence-electron chi connectivity index (χ0n) is 13.8. The van der Waals surface area contributed by atoms with Crippen molar-refractivity contribution in [1.82, 2.24) is 15.2 Å². The number of fused-ring (bicyclic) bond motifs is 2. The third-order valence-electron chi connectivity index (χ3n) is 5.67. The van der Waals surface area contributed by atoms with Crippen LogP contribution in [0.25, 0.3) is 0 Å². The maximum absolute atomic E-state index is 13.3. The van der Waals surface area contributed by atoms with E-state index in [1.54, 1.807) is 6.20 Å². The second-order valence-corrected chi connectivity index (χ2v) is 7.27. The van der Waals surface area contributed by atoms with Gasteiger partial charge in [-0.25, -0.2) is 0 Å². The van der Waals surface area contributed by atoms with Gasteiger partial charge in [0, 0.05) is 31.1 Å². The number of rotatable bonds is 3. The van der Waals surface area contributed by atoms with E-state index in [-0.39, 0.29) is 5.91 Å². The van der Waals surface area contributed by atoms with Crippen LogP contribution in [0.4, 0.5) is 0 Å². The Labute approximate surface area is 137 Å². The number of likely N-dealkylation sites (tertiary alicyclic amines) is 1. The van der Waals surface area contributed by atoms with Gasteiger partial charge in [0.05, 0.1) is 6.20 Å². The molecule has 2 aliphatic heterocycles. The first-order valence-electron chi connectivity index (χ1n) is 8.80. The molecule has 3 aliphatic rings. The number of carbonyl (C=O) groups excluding carboxylic acids is 1. The molecule has 0 radical (unpaired) electrons. The average molecular weight is 315 g/mol. The van der Waals surface area contributed by atoms with E-state index in [1.807, 2.05) is 19.1 Å². The molecule has 1 saturated carbocycles. The van der Waals surface area contributed by atoms with E-state index < -0.39 is 5.60 Å². The van der Waals surface area contributed by atoms with Crippen LogP contribution in [0.1, 0.15) is 37.8 Å². The summed E-state index contributed by atoms with van der Waals surface area (Å²) >= 11 is 0. The number of aromatic nitrogens is 1. The second kappa shape index (κ2) is 5.78. The first kappa shape index (κ1) is 14.9. The number of hydrogen-bond donors (Lipinski definition) is 1. The molecule has 124 valence electrons. The van der Waals surface area contributed by atoms with E-state index in [2.05, 4.69) is 15.2 Å². The minimum Gasteiger partial charge on any atom is -0.476 e. The maximum atomic E-state index is 13.3. The summed E-state index contributed by atoms with van der Waals surface area (Å²) in [5.41, 5.74) is 0.243. The van der Waals surface area contributed by atoms with E-state index in [4.69, 9.17) is 4.74 Å². The molecule has 1 amide bonds. The van der Waals surface area contributed by atoms with E-state index >= 15 is 0 Å². The van der Waals surface area contributed by atoms with E-state index in [9.17, 15) is 4.79 Å². The standard InChI is InChI=1S/C18H25N3O2/c1-13-2-5-16(11-20-13)23-18(6-8-19-9-7-18)17(22)21-12-14-3-4-15(21)10-14/h2,5,11,14-15,19H,3-4,6-10,12H2,1H3/t14-,15-/m0/s1. The molecule has 23 heavy (non-hydrogen) atoms. The van der Waals surface area contributed by atoms with Gasteiger partial charge in [-0.2, -0.15) is 0 Å². The van der Waals surface area contributed by atoms with Crippen LogP contribution in [0.15, 0.2) is 18.3 Å². The van der Waals surface area contributed by atoms with E-state index in [0.717, 1.165) is 44.6 Å². The minimum absolute atomic E-state index is 0.201. The highest BCUT2D eigenvalue weighted by molar-refractivity contribution is 5.86. The van der Waals surface area contributed by atoms with Gasteiger partial charge >= 0.3 is 0 Å². The lowest BCUT2D eigenvalue weighted by Crippen LogP contribution is -2.59. The zero-order chi connectivity index (χ0) is 15.9. The molecular formula is C18H25N3O2. The van der Waals surface area contributed by atoms with Crippen LogP contribution in [0.3, 0.4) is 0 Å². The smallest absolute Gasteiger partial charge is 0.267 e. The fourth-order valence-electron chi connectivity index (χ4n) is 4.37. The number of carbonyl (C=O) groups is 1. The molecule has 0 spiro atoms. The van der Waals surface area contributed by atoms with Gasteiger partial charge in [-0.15, -0.1) is 0 Å². The number of hydrogen-bond acceptors (Lipinski definition) is 4. The lowest BCUT2D eigenvalue weighted by Gasteiger charge is -2.41. The lowest BCUT2D eigenvalue weighted by molar-refractivity contribution is -0.152. The SMILES string of the molecule is Cc1ccc(OC2(C(=O)N3C[C@H]4CC[C@H]3C4)CCNCC2)cn1. The number of ether oxygens (including phenoxy) is 1. The van der Waals surface area contributed by atoms with Crippen molar-refractivity contribution < 1.29 is 9.53 Å². The molecule has 1 aliphatic carbocycles. The highest BCUT2D eigenvalue weighted by atomic mass is 16.5. The fraction of sp³-hybridized carbons (Fsp3) is 0.667. The summed E-state index contributed by atoms with van der Waals surface area (Å²) in [6.07, 6.45) is 6.83. The molecule has 2 atom stereocenters. The van der Waals surface area contributed by atoms with Crippen molar-refractivity contribution in [2.45, 2.75) is 50.7 Å². The van der Waals surface area contributed by atoms with Crippen LogP contribution < -0.4 is 10.1 Å². The fourth-order valence-corrected chi connectivity index (χ4v) is 4.37. The summed E-state index contributed by atoms with van der Waals surface area (Å²) in [4.78, 5) is 19.8. The van der Waals surface area contributed by atoms with Crippen molar-refractivity contribution in [3.63, 3.8) is 0 Å². The van der Waals surface area contributed by atoms with Gasteiger partial charge in [-0.3, -0.25) is 9.78 Å². The Bertz CT molecular complexity index is 580. The zero-order valence-corrected chi connectivity index (χ0v) is 13.8. The van der Waals surface area contributed by atoms with Crippen molar-refractivity contribution in [1.29, 1.82) is 0 Å². The first-order chi connectivity index (χ1) is 11.2. The molecule has 1 aromatic heterocycles. The predicted molar refractivity (Wildman–Crippen MR) is 87.3 cm³/mol. The summed E-state index contributed by atoms with van der Waals surface area (Å²) in [7, 11) is 0. The van der Waals surface area contributed by atoms with Gasteiger partial charge in [0.25, 0.3) is 5.91 Å². The Kier molecular flexibility index (Phi) is 3.76. The maximum Gasteiger partial charge on any atom is 0.267 e. The van der Waals surface area contributed by atoms with Gasteiger partial charge in [-0.05, 0) is 57.3 Å². The van der Waals surface area contributed by atoms with E-state index in [1.165, 1.54) is 12.8 Å². The molecule has 5 nitrogen and oxygen atoms in total. The highest BCUT2D eigenvalue weighted by Gasteiger charge is 2.50. The van der Waals surface area contributed by atoms with Gasteiger partial charge < -0.3 is 15.0 Å². The van der Waals surface area contributed by atoms with Gasteiger partial charge in [0.2, 0.25) is 0 Å². The molecule has 5 heteroatoms. The summed E-state index contributed by atoms with van der Waals surface area (Å²) in [5, 5.41) is 3.35. The number of nitrogens with zero attached hydrogens (tertiary/aromatic N) is 2. The van der Waals surface area contributed by atoms with Crippen LogP contribution in [0.2, 0.25) is 0 Å². The van der Waals surface area contributed by atoms with Crippen molar-refractivity contribution in [2.75, 3.05) is 19.6 Å². The summed E-state index contributed by atoms with van der Waals surface area (Å²) in [6.45, 7) is 4.53. The molecule has 3 heterocycles. The molecule has 0 aromatic carbocycles. The molecule has 0 unspecified atom stereocenters. The summed E-state index contributed by atoms with van der Waals surface area (Å²) in [6, 6.07) is 4.31. The second-order valence-electron chi connectivity index (χ2n) is 7.27. The lowest BCUT2D eigenvalue weighted by atomic mass is 9.89. The number of pyridine rings is 1. The monoisotopic (exact) mass is 315 g/mol. The van der Waals surface area contributed by atoms with E-state index in [0.29, 0.717) is 17.7 Å². The van der Waals surface area contributed by atoms with Gasteiger partial charge in [-0.1, -0.05) is 0 Å². The Morgan fingerprint density at radius 3 is 2.78 bits per heavy atom. The highest BCUT2D eigenvalue weighted by Crippen LogP contribution is 2.40.